The molecule has 5 heterocycles. The SMILES string of the molecule is CC(C)Oc1cc2nn(C)cc2cc1NC(=O)c1cnn2cc(N3C[C@H]4C[C@@H]3CO4)cnc12. The van der Waals surface area contributed by atoms with E-state index in [0.29, 0.717) is 34.8 Å². The molecular formula is C23H25N7O3. The summed E-state index contributed by atoms with van der Waals surface area (Å²) in [6, 6.07) is 4.10. The first kappa shape index (κ1) is 20.0. The number of anilines is 2. The van der Waals surface area contributed by atoms with Gasteiger partial charge < -0.3 is 19.7 Å². The van der Waals surface area contributed by atoms with Crippen LogP contribution in [0, 0.1) is 0 Å². The molecular weight excluding hydrogens is 422 g/mol. The lowest BCUT2D eigenvalue weighted by Crippen LogP contribution is -2.37. The molecule has 1 aromatic carbocycles. The number of benzene rings is 1. The summed E-state index contributed by atoms with van der Waals surface area (Å²) in [5, 5.41) is 12.7. The number of carbonyl (C=O) groups is 1. The van der Waals surface area contributed by atoms with Crippen molar-refractivity contribution in [2.75, 3.05) is 23.4 Å². The molecule has 1 amide bonds. The van der Waals surface area contributed by atoms with Crippen molar-refractivity contribution in [2.45, 2.75) is 38.5 Å². The number of nitrogens with zero attached hydrogens (tertiary/aromatic N) is 6. The van der Waals surface area contributed by atoms with Crippen LogP contribution in [0.3, 0.4) is 0 Å². The largest absolute Gasteiger partial charge is 0.489 e. The van der Waals surface area contributed by atoms with Crippen molar-refractivity contribution < 1.29 is 14.3 Å². The highest BCUT2D eigenvalue weighted by Crippen LogP contribution is 2.33. The fourth-order valence-corrected chi connectivity index (χ4v) is 4.70. The number of carbonyl (C=O) groups excluding carboxylic acids is 1. The van der Waals surface area contributed by atoms with E-state index in [9.17, 15) is 4.79 Å². The number of nitrogens with one attached hydrogen (secondary N) is 1. The van der Waals surface area contributed by atoms with Crippen molar-refractivity contribution in [3.8, 4) is 5.75 Å². The van der Waals surface area contributed by atoms with E-state index >= 15 is 0 Å². The number of rotatable bonds is 5. The molecule has 2 bridgehead atoms. The second kappa shape index (κ2) is 7.45. The Labute approximate surface area is 190 Å². The Hall–Kier alpha value is -3.66. The molecule has 6 rings (SSSR count). The van der Waals surface area contributed by atoms with Gasteiger partial charge in [-0.15, -0.1) is 0 Å². The quantitative estimate of drug-likeness (QED) is 0.502. The van der Waals surface area contributed by atoms with Crippen molar-refractivity contribution in [2.24, 2.45) is 7.05 Å². The minimum atomic E-state index is -0.296. The van der Waals surface area contributed by atoms with Gasteiger partial charge in [0.2, 0.25) is 0 Å². The summed E-state index contributed by atoms with van der Waals surface area (Å²) >= 11 is 0. The fraction of sp³-hybridized carbons (Fsp3) is 0.391. The van der Waals surface area contributed by atoms with Crippen molar-refractivity contribution in [1.29, 1.82) is 0 Å². The van der Waals surface area contributed by atoms with Gasteiger partial charge in [-0.3, -0.25) is 9.48 Å². The molecule has 2 aliphatic heterocycles. The minimum absolute atomic E-state index is 0.0508. The van der Waals surface area contributed by atoms with Crippen LogP contribution in [0.25, 0.3) is 16.6 Å². The molecule has 33 heavy (non-hydrogen) atoms. The second-order valence-corrected chi connectivity index (χ2v) is 8.97. The number of ether oxygens (including phenoxy) is 2. The highest BCUT2D eigenvalue weighted by molar-refractivity contribution is 6.09. The van der Waals surface area contributed by atoms with Crippen LogP contribution >= 0.6 is 0 Å². The summed E-state index contributed by atoms with van der Waals surface area (Å²) in [6.45, 7) is 5.50. The van der Waals surface area contributed by atoms with Gasteiger partial charge in [-0.05, 0) is 26.3 Å². The maximum Gasteiger partial charge on any atom is 0.261 e. The average molecular weight is 447 g/mol. The van der Waals surface area contributed by atoms with Gasteiger partial charge in [-0.25, -0.2) is 9.50 Å². The van der Waals surface area contributed by atoms with Crippen LogP contribution in [0.4, 0.5) is 11.4 Å². The normalized spacial score (nSPS) is 19.8. The first-order valence-electron chi connectivity index (χ1n) is 11.1. The first-order valence-corrected chi connectivity index (χ1v) is 11.1. The second-order valence-electron chi connectivity index (χ2n) is 8.97. The molecule has 10 nitrogen and oxygen atoms in total. The summed E-state index contributed by atoms with van der Waals surface area (Å²) in [5.41, 5.74) is 3.28. The third-order valence-electron chi connectivity index (χ3n) is 6.15. The maximum atomic E-state index is 13.2. The van der Waals surface area contributed by atoms with E-state index in [2.05, 4.69) is 25.4 Å². The zero-order chi connectivity index (χ0) is 22.7. The van der Waals surface area contributed by atoms with Crippen molar-refractivity contribution in [3.63, 3.8) is 0 Å². The molecule has 2 aliphatic rings. The number of morpholine rings is 1. The molecule has 0 saturated carbocycles. The first-order chi connectivity index (χ1) is 15.9. The third kappa shape index (κ3) is 3.46. The van der Waals surface area contributed by atoms with Crippen LogP contribution in [0.2, 0.25) is 0 Å². The van der Waals surface area contributed by atoms with E-state index in [1.165, 1.54) is 0 Å². The van der Waals surface area contributed by atoms with Crippen LogP contribution in [0.15, 0.2) is 36.9 Å². The molecule has 1 N–H and O–H groups in total. The Balaban J connectivity index is 1.30. The van der Waals surface area contributed by atoms with Gasteiger partial charge in [0, 0.05) is 31.2 Å². The van der Waals surface area contributed by atoms with E-state index in [-0.39, 0.29) is 12.0 Å². The fourth-order valence-electron chi connectivity index (χ4n) is 4.70. The summed E-state index contributed by atoms with van der Waals surface area (Å²) < 4.78 is 15.0. The molecule has 10 heteroatoms. The van der Waals surface area contributed by atoms with Gasteiger partial charge in [0.1, 0.15) is 11.3 Å². The minimum Gasteiger partial charge on any atom is -0.489 e. The van der Waals surface area contributed by atoms with Gasteiger partial charge in [0.15, 0.2) is 5.65 Å². The van der Waals surface area contributed by atoms with Gasteiger partial charge in [-0.2, -0.15) is 10.2 Å². The number of aromatic nitrogens is 5. The van der Waals surface area contributed by atoms with Crippen LogP contribution in [-0.2, 0) is 11.8 Å². The van der Waals surface area contributed by atoms with Gasteiger partial charge in [0.05, 0.1) is 60.3 Å². The zero-order valence-electron chi connectivity index (χ0n) is 18.7. The van der Waals surface area contributed by atoms with Gasteiger partial charge in [0.25, 0.3) is 5.91 Å². The Morgan fingerprint density at radius 1 is 1.27 bits per heavy atom. The highest BCUT2D eigenvalue weighted by atomic mass is 16.5. The summed E-state index contributed by atoms with van der Waals surface area (Å²) in [6.07, 6.45) is 8.48. The topological polar surface area (TPSA) is 98.8 Å². The lowest BCUT2D eigenvalue weighted by atomic mass is 10.2. The molecule has 3 aromatic heterocycles. The smallest absolute Gasteiger partial charge is 0.261 e. The molecule has 2 fully saturated rings. The molecule has 0 unspecified atom stereocenters. The molecule has 2 saturated heterocycles. The van der Waals surface area contributed by atoms with Crippen molar-refractivity contribution in [1.82, 2.24) is 24.4 Å². The Morgan fingerprint density at radius 3 is 2.91 bits per heavy atom. The number of fused-ring (bicyclic) bond motifs is 4. The maximum absolute atomic E-state index is 13.2. The van der Waals surface area contributed by atoms with Crippen LogP contribution < -0.4 is 15.0 Å². The zero-order valence-corrected chi connectivity index (χ0v) is 18.7. The molecule has 0 aliphatic carbocycles. The molecule has 170 valence electrons. The Bertz CT molecular complexity index is 1380. The molecule has 0 spiro atoms. The van der Waals surface area contributed by atoms with Crippen LogP contribution in [0.1, 0.15) is 30.6 Å². The number of hydrogen-bond acceptors (Lipinski definition) is 7. The summed E-state index contributed by atoms with van der Waals surface area (Å²) in [5.74, 6) is 0.276. The number of aryl methyl sites for hydroxylation is 1. The summed E-state index contributed by atoms with van der Waals surface area (Å²) in [7, 11) is 1.86. The van der Waals surface area contributed by atoms with Crippen LogP contribution in [0.5, 0.6) is 5.75 Å². The van der Waals surface area contributed by atoms with E-state index < -0.39 is 0 Å². The van der Waals surface area contributed by atoms with Crippen molar-refractivity contribution >= 4 is 33.8 Å². The molecule has 2 atom stereocenters. The molecule has 4 aromatic rings. The Kier molecular flexibility index (Phi) is 4.51. The van der Waals surface area contributed by atoms with Gasteiger partial charge in [-0.1, -0.05) is 0 Å². The average Bonchev–Trinajstić information content (AvgIpc) is 3.55. The van der Waals surface area contributed by atoms with E-state index in [1.807, 2.05) is 51.6 Å². The molecule has 0 radical (unpaired) electrons. The number of hydrogen-bond donors (Lipinski definition) is 1. The van der Waals surface area contributed by atoms with E-state index in [4.69, 9.17) is 9.47 Å². The Morgan fingerprint density at radius 2 is 2.15 bits per heavy atom. The summed E-state index contributed by atoms with van der Waals surface area (Å²) in [4.78, 5) is 20.1. The predicted octanol–water partition coefficient (Wildman–Crippen LogP) is 2.63. The van der Waals surface area contributed by atoms with Crippen LogP contribution in [-0.4, -0.2) is 61.7 Å². The highest BCUT2D eigenvalue weighted by Gasteiger charge is 2.39. The van der Waals surface area contributed by atoms with Gasteiger partial charge >= 0.3 is 0 Å². The number of amides is 1. The monoisotopic (exact) mass is 447 g/mol. The lowest BCUT2D eigenvalue weighted by molar-refractivity contribution is 0.0991. The third-order valence-corrected chi connectivity index (χ3v) is 6.15. The lowest BCUT2D eigenvalue weighted by Gasteiger charge is -2.28. The predicted molar refractivity (Wildman–Crippen MR) is 123 cm³/mol. The van der Waals surface area contributed by atoms with E-state index in [1.54, 1.807) is 15.4 Å². The van der Waals surface area contributed by atoms with E-state index in [0.717, 1.165) is 36.2 Å². The van der Waals surface area contributed by atoms with Crippen molar-refractivity contribution in [3.05, 3.63) is 42.5 Å². The standard InChI is InChI=1S/C23H25N7O3/c1-13(2)33-21-6-19-14(9-28(3)27-19)4-20(21)26-23(31)18-8-25-30-10-16(7-24-22(18)30)29-11-17-5-15(29)12-32-17/h4,6-10,13,15,17H,5,11-12H2,1-3H3,(H,26,31)/t15-,17-/m1/s1.